The van der Waals surface area contributed by atoms with Crippen molar-refractivity contribution in [1.82, 2.24) is 0 Å². The molecule has 0 spiro atoms. The Hall–Kier alpha value is -2.83. The SMILES string of the molecule is CCCCOC1C(OS(=O)(=O)O)C(OC2C(COS(=O)(=O)O)OC(OC)C(OS(=O)(=O)O)C2OS(=O)(=O)O)OC(C(=O)O)C1OC1OC(COS(=O)(=O)O)C(OC2OC(C(=O)O)C(OC3OC(COS(=O)(=O)O)C(OC)C(OC)C3OS(=O)(=O)O)C(OC)C2OC)C(OS(=O)(=O)O)C1OS(=O)(=O)O. The van der Waals surface area contributed by atoms with E-state index in [2.05, 4.69) is 25.1 Å². The van der Waals surface area contributed by atoms with Gasteiger partial charge >= 0.3 is 106 Å². The molecule has 5 saturated heterocycles. The number of carboxylic acid groups (broad SMARTS) is 2. The standard InChI is InChI=1S/C39H66O55S9/c1-7-8-9-76-21-23(27(34(42)43)88-39(30(21)92-101(62,63)64)84-17-14(11-78-96(47,48)49)80-35(75-6)31(93-102(65,66)67)24(17)89-98(53,54)55)86-38-32(94-103(68,69)70)25(90-99(56,57)58)18(15(82-38)12-79-97(50,51)52)83-36-28(74-5)20(73-4)22(26(87-36)33(40)41)85-37-29(91-100(59,60)61)19(72-3)16(71-2)13(81-37)10-77-95(44,45)46/h13-32,35-39H,7-12H2,1-6H3,(H,40,41)(H,42,43)(H,44,45,46)(H,47,48,49)(H,50,51,52)(H,53,54,55)(H,56,57,58)(H,59,60,61)(H,62,63,64)(H,65,66,67)(H,68,69,70). The van der Waals surface area contributed by atoms with Gasteiger partial charge in [-0.25, -0.2) is 47.2 Å². The third-order valence-electron chi connectivity index (χ3n) is 14.1. The number of rotatable bonds is 40. The molecular weight excluding hydrogens is 1640 g/mol. The molecule has 0 aromatic carbocycles. The van der Waals surface area contributed by atoms with Gasteiger partial charge in [-0.2, -0.15) is 75.8 Å². The van der Waals surface area contributed by atoms with Gasteiger partial charge in [-0.3, -0.25) is 41.0 Å². The number of carboxylic acids is 2. The fraction of sp³-hybridized carbons (Fsp3) is 0.949. The van der Waals surface area contributed by atoms with Crippen molar-refractivity contribution in [3.63, 3.8) is 0 Å². The zero-order valence-electron chi connectivity index (χ0n) is 52.2. The number of hydrogen-bond acceptors (Lipinski definition) is 44. The molecule has 0 aromatic rings. The van der Waals surface area contributed by atoms with Gasteiger partial charge in [-0.15, -0.1) is 0 Å². The minimum Gasteiger partial charge on any atom is -0.479 e. The average Bonchev–Trinajstić information content (AvgIpc) is 0.757. The predicted octanol–water partition coefficient (Wildman–Crippen LogP) is -8.20. The summed E-state index contributed by atoms with van der Waals surface area (Å²) in [7, 11) is -50.0. The molecule has 0 bridgehead atoms. The lowest BCUT2D eigenvalue weighted by Crippen LogP contribution is -2.70. The molecule has 55 nitrogen and oxygen atoms in total. The number of ether oxygens (including phenoxy) is 15. The van der Waals surface area contributed by atoms with Crippen LogP contribution in [0.5, 0.6) is 0 Å². The molecule has 5 heterocycles. The Morgan fingerprint density at radius 2 is 0.563 bits per heavy atom. The first-order valence-electron chi connectivity index (χ1n) is 27.4. The third kappa shape index (κ3) is 27.6. The molecule has 64 heteroatoms. The second-order valence-electron chi connectivity index (χ2n) is 20.9. The van der Waals surface area contributed by atoms with Crippen molar-refractivity contribution in [2.75, 3.05) is 62.0 Å². The molecule has 5 fully saturated rings. The van der Waals surface area contributed by atoms with Gasteiger partial charge in [-0.1, -0.05) is 13.3 Å². The van der Waals surface area contributed by atoms with Crippen LogP contribution in [0.15, 0.2) is 0 Å². The highest BCUT2D eigenvalue weighted by atomic mass is 32.3. The van der Waals surface area contributed by atoms with Gasteiger partial charge < -0.3 is 81.3 Å². The molecule has 11 N–H and O–H groups in total. The predicted molar refractivity (Wildman–Crippen MR) is 304 cm³/mol. The van der Waals surface area contributed by atoms with Crippen LogP contribution in [0.25, 0.3) is 0 Å². The highest BCUT2D eigenvalue weighted by molar-refractivity contribution is 7.82. The first-order chi connectivity index (χ1) is 47.0. The second-order valence-corrected chi connectivity index (χ2v) is 30.4. The van der Waals surface area contributed by atoms with E-state index in [4.69, 9.17) is 83.6 Å². The number of unbranched alkanes of at least 4 members (excludes halogenated alkanes) is 1. The minimum atomic E-state index is -6.40. The average molecular weight is 1700 g/mol. The van der Waals surface area contributed by atoms with E-state index >= 15 is 0 Å². The Balaban J connectivity index is 1.73. The lowest BCUT2D eigenvalue weighted by atomic mass is 9.94. The summed E-state index contributed by atoms with van der Waals surface area (Å²) in [5.74, 6) is -4.73. The van der Waals surface area contributed by atoms with Crippen LogP contribution in [0.3, 0.4) is 0 Å². The van der Waals surface area contributed by atoms with Crippen LogP contribution in [0.2, 0.25) is 0 Å². The topological polar surface area (TPSA) is 785 Å². The van der Waals surface area contributed by atoms with E-state index < -0.39 is 285 Å². The summed E-state index contributed by atoms with van der Waals surface area (Å²) < 4.78 is 435. The van der Waals surface area contributed by atoms with Crippen molar-refractivity contribution in [2.45, 2.75) is 173 Å². The Labute approximate surface area is 583 Å². The molecule has 5 rings (SSSR count). The summed E-state index contributed by atoms with van der Waals surface area (Å²) in [6, 6.07) is 0. The maximum atomic E-state index is 13.6. The van der Waals surface area contributed by atoms with E-state index in [-0.39, 0.29) is 12.8 Å². The van der Waals surface area contributed by atoms with E-state index in [1.807, 2.05) is 0 Å². The summed E-state index contributed by atoms with van der Waals surface area (Å²) in [6.45, 7) is -4.40. The first kappa shape index (κ1) is 90.8. The number of hydrogen-bond donors (Lipinski definition) is 11. The molecule has 0 saturated carbocycles. The van der Waals surface area contributed by atoms with Gasteiger partial charge in [0.05, 0.1) is 19.8 Å². The van der Waals surface area contributed by atoms with Crippen molar-refractivity contribution in [3.05, 3.63) is 0 Å². The van der Waals surface area contributed by atoms with Crippen molar-refractivity contribution in [1.29, 1.82) is 0 Å². The highest BCUT2D eigenvalue weighted by Gasteiger charge is 2.63. The van der Waals surface area contributed by atoms with Gasteiger partial charge in [0.1, 0.15) is 85.5 Å². The molecule has 606 valence electrons. The van der Waals surface area contributed by atoms with Crippen LogP contribution < -0.4 is 0 Å². The summed E-state index contributed by atoms with van der Waals surface area (Å²) in [5.41, 5.74) is 0. The van der Waals surface area contributed by atoms with Gasteiger partial charge in [0.25, 0.3) is 0 Å². The fourth-order valence-electron chi connectivity index (χ4n) is 10.5. The van der Waals surface area contributed by atoms with Crippen molar-refractivity contribution < 1.29 is 245 Å². The monoisotopic (exact) mass is 1700 g/mol. The molecule has 5 aliphatic heterocycles. The number of aliphatic carboxylic acids is 2. The summed E-state index contributed by atoms with van der Waals surface area (Å²) in [5, 5.41) is 21.6. The van der Waals surface area contributed by atoms with Crippen molar-refractivity contribution >= 4 is 106 Å². The summed E-state index contributed by atoms with van der Waals surface area (Å²) in [4.78, 5) is 26.9. The quantitative estimate of drug-likeness (QED) is 0.0200. The van der Waals surface area contributed by atoms with E-state index in [0.29, 0.717) is 14.2 Å². The van der Waals surface area contributed by atoms with Gasteiger partial charge in [0, 0.05) is 42.2 Å². The minimum absolute atomic E-state index is 0.0199. The zero-order valence-corrected chi connectivity index (χ0v) is 59.6. The largest absolute Gasteiger partial charge is 0.479 e. The first-order valence-corrected chi connectivity index (χ1v) is 39.7. The van der Waals surface area contributed by atoms with E-state index in [1.54, 1.807) is 0 Å². The maximum Gasteiger partial charge on any atom is 0.397 e. The number of methoxy groups -OCH3 is 5. The normalized spacial score (nSPS) is 35.7. The Morgan fingerprint density at radius 1 is 0.301 bits per heavy atom. The summed E-state index contributed by atoms with van der Waals surface area (Å²) >= 11 is 0. The van der Waals surface area contributed by atoms with Crippen LogP contribution >= 0.6 is 0 Å². The lowest BCUT2D eigenvalue weighted by molar-refractivity contribution is -0.386. The van der Waals surface area contributed by atoms with E-state index in [9.17, 15) is 137 Å². The smallest absolute Gasteiger partial charge is 0.397 e. The van der Waals surface area contributed by atoms with Gasteiger partial charge in [0.15, 0.2) is 68.1 Å². The van der Waals surface area contributed by atoms with Crippen LogP contribution in [0, 0.1) is 0 Å². The van der Waals surface area contributed by atoms with E-state index in [0.717, 1.165) is 21.3 Å². The molecule has 0 aliphatic carbocycles. The molecule has 0 radical (unpaired) electrons. The van der Waals surface area contributed by atoms with Crippen LogP contribution in [-0.4, -0.2) is 354 Å². The number of carbonyl (C=O) groups is 2. The third-order valence-corrected chi connectivity index (χ3v) is 18.2. The molecule has 5 aliphatic rings. The Bertz CT molecular complexity index is 3910. The second kappa shape index (κ2) is 36.3. The van der Waals surface area contributed by atoms with Gasteiger partial charge in [0.2, 0.25) is 0 Å². The van der Waals surface area contributed by atoms with Crippen LogP contribution in [-0.2, 0) is 212 Å². The Morgan fingerprint density at radius 3 is 0.874 bits per heavy atom. The highest BCUT2D eigenvalue weighted by Crippen LogP contribution is 2.42. The van der Waals surface area contributed by atoms with Crippen LogP contribution in [0.1, 0.15) is 19.8 Å². The molecule has 0 amide bonds. The van der Waals surface area contributed by atoms with Crippen LogP contribution in [0.4, 0.5) is 0 Å². The van der Waals surface area contributed by atoms with Gasteiger partial charge in [-0.05, 0) is 6.42 Å². The molecule has 25 atom stereocenters. The Kier molecular flexibility index (Phi) is 32.0. The zero-order chi connectivity index (χ0) is 78.3. The van der Waals surface area contributed by atoms with E-state index in [1.165, 1.54) is 6.92 Å². The molecule has 103 heavy (non-hydrogen) atoms. The van der Waals surface area contributed by atoms with Crippen molar-refractivity contribution in [3.8, 4) is 0 Å². The molecular formula is C39H66O55S9. The van der Waals surface area contributed by atoms with Crippen molar-refractivity contribution in [2.24, 2.45) is 0 Å². The lowest BCUT2D eigenvalue weighted by Gasteiger charge is -2.51. The molecule has 0 aromatic heterocycles. The molecule has 25 unspecified atom stereocenters. The maximum absolute atomic E-state index is 13.6. The summed E-state index contributed by atoms with van der Waals surface area (Å²) in [6.07, 6.45) is -68.8. The fourth-order valence-corrected chi connectivity index (χ4v) is 14.3.